The Kier molecular flexibility index (Phi) is 5.52. The maximum atomic E-state index is 11.3. The molecule has 1 aromatic carbocycles. The number of nitrogen functional groups attached to an aromatic ring is 1. The molecule has 1 rings (SSSR count). The number of hydrogen-bond acceptors (Lipinski definition) is 5. The fraction of sp³-hybridized carbons (Fsp3) is 0.385. The fourth-order valence-corrected chi connectivity index (χ4v) is 1.41. The molecular formula is C13H16N2O3. The Labute approximate surface area is 106 Å². The van der Waals surface area contributed by atoms with Crippen LogP contribution in [0.5, 0.6) is 5.75 Å². The predicted octanol–water partition coefficient (Wildman–Crippen LogP) is 2.13. The zero-order valence-electron chi connectivity index (χ0n) is 10.3. The minimum atomic E-state index is -0.428. The van der Waals surface area contributed by atoms with E-state index in [9.17, 15) is 4.79 Å². The lowest BCUT2D eigenvalue weighted by Gasteiger charge is -2.09. The first kappa shape index (κ1) is 13.8. The van der Waals surface area contributed by atoms with E-state index in [1.165, 1.54) is 13.2 Å². The predicted molar refractivity (Wildman–Crippen MR) is 67.2 cm³/mol. The molecule has 0 bridgehead atoms. The van der Waals surface area contributed by atoms with Gasteiger partial charge in [0.2, 0.25) is 0 Å². The summed E-state index contributed by atoms with van der Waals surface area (Å²) in [6, 6.07) is 6.85. The molecule has 0 aliphatic carbocycles. The van der Waals surface area contributed by atoms with Crippen LogP contribution in [0.15, 0.2) is 18.2 Å². The lowest BCUT2D eigenvalue weighted by molar-refractivity contribution is 0.0601. The lowest BCUT2D eigenvalue weighted by atomic mass is 10.2. The van der Waals surface area contributed by atoms with Gasteiger partial charge in [0.1, 0.15) is 5.75 Å². The van der Waals surface area contributed by atoms with Gasteiger partial charge in [-0.2, -0.15) is 5.26 Å². The summed E-state index contributed by atoms with van der Waals surface area (Å²) in [7, 11) is 1.32. The van der Waals surface area contributed by atoms with E-state index in [1.54, 1.807) is 12.1 Å². The van der Waals surface area contributed by atoms with Crippen molar-refractivity contribution < 1.29 is 14.3 Å². The molecule has 0 spiro atoms. The number of methoxy groups -OCH3 is 1. The van der Waals surface area contributed by atoms with Gasteiger partial charge in [-0.15, -0.1) is 0 Å². The van der Waals surface area contributed by atoms with Gasteiger partial charge in [-0.25, -0.2) is 4.79 Å². The van der Waals surface area contributed by atoms with Crippen LogP contribution in [-0.4, -0.2) is 19.7 Å². The normalized spacial score (nSPS) is 9.56. The highest BCUT2D eigenvalue weighted by molar-refractivity contribution is 5.90. The van der Waals surface area contributed by atoms with Gasteiger partial charge in [0.15, 0.2) is 0 Å². The van der Waals surface area contributed by atoms with Crippen molar-refractivity contribution in [3.63, 3.8) is 0 Å². The molecule has 5 heteroatoms. The maximum absolute atomic E-state index is 11.3. The van der Waals surface area contributed by atoms with Crippen molar-refractivity contribution in [3.8, 4) is 11.8 Å². The number of rotatable bonds is 6. The van der Waals surface area contributed by atoms with E-state index >= 15 is 0 Å². The fourth-order valence-electron chi connectivity index (χ4n) is 1.41. The van der Waals surface area contributed by atoms with Crippen LogP contribution in [0.2, 0.25) is 0 Å². The van der Waals surface area contributed by atoms with Crippen molar-refractivity contribution in [3.05, 3.63) is 23.8 Å². The highest BCUT2D eigenvalue weighted by Gasteiger charge is 2.08. The molecule has 0 saturated carbocycles. The summed E-state index contributed by atoms with van der Waals surface area (Å²) in [4.78, 5) is 11.3. The zero-order chi connectivity index (χ0) is 13.4. The second-order valence-corrected chi connectivity index (χ2v) is 3.71. The van der Waals surface area contributed by atoms with Gasteiger partial charge < -0.3 is 15.2 Å². The van der Waals surface area contributed by atoms with E-state index in [2.05, 4.69) is 10.8 Å². The summed E-state index contributed by atoms with van der Waals surface area (Å²) in [6.45, 7) is 0.503. The van der Waals surface area contributed by atoms with Crippen molar-refractivity contribution in [2.24, 2.45) is 0 Å². The zero-order valence-corrected chi connectivity index (χ0v) is 10.3. The highest BCUT2D eigenvalue weighted by atomic mass is 16.5. The first-order valence-corrected chi connectivity index (χ1v) is 5.66. The number of benzene rings is 1. The SMILES string of the molecule is COC(=O)c1ccc(OCCCCC#N)c(N)c1. The number of nitrogens with two attached hydrogens (primary N) is 1. The molecule has 0 amide bonds. The van der Waals surface area contributed by atoms with Gasteiger partial charge in [0, 0.05) is 6.42 Å². The van der Waals surface area contributed by atoms with Crippen molar-refractivity contribution >= 4 is 11.7 Å². The molecule has 18 heavy (non-hydrogen) atoms. The molecule has 0 saturated heterocycles. The minimum Gasteiger partial charge on any atom is -0.491 e. The molecule has 0 aromatic heterocycles. The summed E-state index contributed by atoms with van der Waals surface area (Å²) in [5, 5.41) is 8.38. The van der Waals surface area contributed by atoms with Gasteiger partial charge in [0.25, 0.3) is 0 Å². The van der Waals surface area contributed by atoms with Crippen molar-refractivity contribution in [1.29, 1.82) is 5.26 Å². The van der Waals surface area contributed by atoms with E-state index in [0.29, 0.717) is 30.0 Å². The van der Waals surface area contributed by atoms with Crippen LogP contribution in [0.4, 0.5) is 5.69 Å². The smallest absolute Gasteiger partial charge is 0.337 e. The Morgan fingerprint density at radius 1 is 1.44 bits per heavy atom. The number of carbonyl (C=O) groups excluding carboxylic acids is 1. The molecule has 2 N–H and O–H groups in total. The first-order valence-electron chi connectivity index (χ1n) is 5.66. The minimum absolute atomic E-state index is 0.395. The van der Waals surface area contributed by atoms with Gasteiger partial charge in [-0.1, -0.05) is 0 Å². The number of esters is 1. The number of nitrogens with zero attached hydrogens (tertiary/aromatic N) is 1. The number of hydrogen-bond donors (Lipinski definition) is 1. The van der Waals surface area contributed by atoms with Gasteiger partial charge >= 0.3 is 5.97 Å². The summed E-state index contributed by atoms with van der Waals surface area (Å²) in [5.41, 5.74) is 6.57. The quantitative estimate of drug-likeness (QED) is 0.473. The number of anilines is 1. The number of nitriles is 1. The molecule has 0 heterocycles. The summed E-state index contributed by atoms with van der Waals surface area (Å²) in [6.07, 6.45) is 2.13. The Morgan fingerprint density at radius 2 is 2.22 bits per heavy atom. The average molecular weight is 248 g/mol. The Morgan fingerprint density at radius 3 is 2.83 bits per heavy atom. The van der Waals surface area contributed by atoms with E-state index in [-0.39, 0.29) is 0 Å². The van der Waals surface area contributed by atoms with E-state index in [0.717, 1.165) is 12.8 Å². The second-order valence-electron chi connectivity index (χ2n) is 3.71. The average Bonchev–Trinajstić information content (AvgIpc) is 2.39. The molecule has 5 nitrogen and oxygen atoms in total. The third kappa shape index (κ3) is 3.98. The van der Waals surface area contributed by atoms with E-state index < -0.39 is 5.97 Å². The van der Waals surface area contributed by atoms with E-state index in [1.807, 2.05) is 0 Å². The summed E-state index contributed by atoms with van der Waals surface area (Å²) < 4.78 is 10.1. The lowest BCUT2D eigenvalue weighted by Crippen LogP contribution is -2.04. The molecule has 96 valence electrons. The molecule has 1 aromatic rings. The van der Waals surface area contributed by atoms with Gasteiger partial charge in [0.05, 0.1) is 31.0 Å². The standard InChI is InChI=1S/C13H16N2O3/c1-17-13(16)10-5-6-12(11(15)9-10)18-8-4-2-3-7-14/h5-6,9H,2-4,8,15H2,1H3. The topological polar surface area (TPSA) is 85.3 Å². The first-order chi connectivity index (χ1) is 8.69. The van der Waals surface area contributed by atoms with Gasteiger partial charge in [-0.05, 0) is 31.0 Å². The van der Waals surface area contributed by atoms with Crippen molar-refractivity contribution in [1.82, 2.24) is 0 Å². The van der Waals surface area contributed by atoms with E-state index in [4.69, 9.17) is 15.7 Å². The van der Waals surface area contributed by atoms with Crippen LogP contribution in [0, 0.1) is 11.3 Å². The third-order valence-corrected chi connectivity index (χ3v) is 2.37. The van der Waals surface area contributed by atoms with Gasteiger partial charge in [-0.3, -0.25) is 0 Å². The van der Waals surface area contributed by atoms with Crippen LogP contribution in [0.1, 0.15) is 29.6 Å². The summed E-state index contributed by atoms with van der Waals surface area (Å²) >= 11 is 0. The van der Waals surface area contributed by atoms with Crippen LogP contribution in [0.3, 0.4) is 0 Å². The highest BCUT2D eigenvalue weighted by Crippen LogP contribution is 2.23. The van der Waals surface area contributed by atoms with Crippen LogP contribution in [-0.2, 0) is 4.74 Å². The maximum Gasteiger partial charge on any atom is 0.337 e. The van der Waals surface area contributed by atoms with Crippen LogP contribution in [0.25, 0.3) is 0 Å². The molecule has 0 aliphatic heterocycles. The largest absolute Gasteiger partial charge is 0.491 e. The number of ether oxygens (including phenoxy) is 2. The number of unbranched alkanes of at least 4 members (excludes halogenated alkanes) is 2. The molecule has 0 unspecified atom stereocenters. The molecule has 0 fully saturated rings. The molecule has 0 atom stereocenters. The number of carbonyl (C=O) groups is 1. The Balaban J connectivity index is 2.53. The van der Waals surface area contributed by atoms with Crippen molar-refractivity contribution in [2.75, 3.05) is 19.5 Å². The monoisotopic (exact) mass is 248 g/mol. The Hall–Kier alpha value is -2.22. The second kappa shape index (κ2) is 7.17. The third-order valence-electron chi connectivity index (χ3n) is 2.37. The van der Waals surface area contributed by atoms with Crippen LogP contribution >= 0.6 is 0 Å². The summed E-state index contributed by atoms with van der Waals surface area (Å²) in [5.74, 6) is 0.113. The van der Waals surface area contributed by atoms with Crippen LogP contribution < -0.4 is 10.5 Å². The Bertz CT molecular complexity index is 452. The molecular weight excluding hydrogens is 232 g/mol. The molecule has 0 aliphatic rings. The van der Waals surface area contributed by atoms with Crippen molar-refractivity contribution in [2.45, 2.75) is 19.3 Å². The molecule has 0 radical (unpaired) electrons.